The van der Waals surface area contributed by atoms with Gasteiger partial charge in [-0.15, -0.1) is 0 Å². The molecule has 2 N–H and O–H groups in total. The van der Waals surface area contributed by atoms with Crippen LogP contribution in [-0.4, -0.2) is 43.8 Å². The first-order chi connectivity index (χ1) is 17.7. The zero-order valence-corrected chi connectivity index (χ0v) is 23.2. The fraction of sp³-hybridized carbons (Fsp3) is 0.357. The van der Waals surface area contributed by atoms with Crippen LogP contribution in [0.15, 0.2) is 63.4 Å². The minimum Gasteiger partial charge on any atom is -0.503 e. The van der Waals surface area contributed by atoms with Gasteiger partial charge in [0.2, 0.25) is 0 Å². The number of aromatic hydroxyl groups is 1. The molecule has 0 fully saturated rings. The number of hydrogen-bond donors (Lipinski definition) is 2. The molecule has 7 nitrogen and oxygen atoms in total. The van der Waals surface area contributed by atoms with Crippen LogP contribution in [0.25, 0.3) is 0 Å². The lowest BCUT2D eigenvalue weighted by Gasteiger charge is -2.37. The van der Waals surface area contributed by atoms with Crippen LogP contribution in [0.4, 0.5) is 0 Å². The summed E-state index contributed by atoms with van der Waals surface area (Å²) in [6.45, 7) is 4.30. The van der Waals surface area contributed by atoms with E-state index in [0.29, 0.717) is 51.4 Å². The van der Waals surface area contributed by atoms with Gasteiger partial charge in [0.05, 0.1) is 23.3 Å². The highest BCUT2D eigenvalue weighted by atomic mass is 79.9. The van der Waals surface area contributed by atoms with Gasteiger partial charge in [-0.25, -0.2) is 4.79 Å². The van der Waals surface area contributed by atoms with Crippen molar-refractivity contribution in [1.82, 2.24) is 5.32 Å². The van der Waals surface area contributed by atoms with Crippen molar-refractivity contribution < 1.29 is 28.9 Å². The number of methoxy groups -OCH3 is 1. The number of rotatable bonds is 8. The van der Waals surface area contributed by atoms with Crippen molar-refractivity contribution in [2.75, 3.05) is 26.9 Å². The van der Waals surface area contributed by atoms with E-state index in [4.69, 9.17) is 25.8 Å². The van der Waals surface area contributed by atoms with Gasteiger partial charge in [0.1, 0.15) is 6.61 Å². The van der Waals surface area contributed by atoms with E-state index in [2.05, 4.69) is 21.2 Å². The van der Waals surface area contributed by atoms with E-state index in [9.17, 15) is 14.7 Å². The van der Waals surface area contributed by atoms with Crippen molar-refractivity contribution in [1.29, 1.82) is 0 Å². The number of phenolic OH excluding ortho intramolecular Hbond substituents is 1. The van der Waals surface area contributed by atoms with E-state index in [0.717, 1.165) is 11.3 Å². The Bertz CT molecular complexity index is 1270. The fourth-order valence-corrected chi connectivity index (χ4v) is 5.52. The number of carbonyl (C=O) groups excluding carboxylic acids is 2. The zero-order chi connectivity index (χ0) is 26.7. The molecule has 2 aliphatic rings. The Labute approximate surface area is 229 Å². The third-order valence-electron chi connectivity index (χ3n) is 6.59. The van der Waals surface area contributed by atoms with Gasteiger partial charge in [-0.3, -0.25) is 4.79 Å². The summed E-state index contributed by atoms with van der Waals surface area (Å²) in [6, 6.07) is 10.9. The molecule has 1 aliphatic carbocycles. The first-order valence-corrected chi connectivity index (χ1v) is 13.2. The van der Waals surface area contributed by atoms with Crippen molar-refractivity contribution >= 4 is 39.3 Å². The van der Waals surface area contributed by atoms with Gasteiger partial charge in [0, 0.05) is 41.4 Å². The van der Waals surface area contributed by atoms with Crippen molar-refractivity contribution in [2.24, 2.45) is 0 Å². The second-order valence-corrected chi connectivity index (χ2v) is 10.3. The second kappa shape index (κ2) is 11.7. The molecule has 196 valence electrons. The predicted octanol–water partition coefficient (Wildman–Crippen LogP) is 5.76. The molecule has 0 spiro atoms. The van der Waals surface area contributed by atoms with Crippen molar-refractivity contribution in [3.05, 3.63) is 79.6 Å². The topological polar surface area (TPSA) is 94.1 Å². The number of nitrogens with one attached hydrogen (secondary N) is 1. The molecular weight excluding hydrogens is 562 g/mol. The highest BCUT2D eigenvalue weighted by molar-refractivity contribution is 9.10. The van der Waals surface area contributed by atoms with Gasteiger partial charge in [0.25, 0.3) is 0 Å². The molecule has 0 unspecified atom stereocenters. The lowest BCUT2D eigenvalue weighted by Crippen LogP contribution is -2.36. The van der Waals surface area contributed by atoms with Gasteiger partial charge in [-0.1, -0.05) is 23.7 Å². The Morgan fingerprint density at radius 2 is 1.89 bits per heavy atom. The fourth-order valence-electron chi connectivity index (χ4n) is 4.94. The molecule has 0 bridgehead atoms. The van der Waals surface area contributed by atoms with E-state index in [1.807, 2.05) is 31.2 Å². The van der Waals surface area contributed by atoms with Crippen LogP contribution in [-0.2, 0) is 19.1 Å². The molecular formula is C28H29BrClNO6. The third kappa shape index (κ3) is 5.71. The summed E-state index contributed by atoms with van der Waals surface area (Å²) in [5.74, 6) is -1.09. The molecule has 2 aromatic rings. The van der Waals surface area contributed by atoms with E-state index in [1.54, 1.807) is 19.1 Å². The van der Waals surface area contributed by atoms with E-state index >= 15 is 0 Å². The molecule has 37 heavy (non-hydrogen) atoms. The zero-order valence-electron chi connectivity index (χ0n) is 20.9. The second-order valence-electron chi connectivity index (χ2n) is 8.98. The van der Waals surface area contributed by atoms with Gasteiger partial charge >= 0.3 is 5.97 Å². The first kappa shape index (κ1) is 27.2. The molecule has 2 aromatic carbocycles. The SMILES string of the molecule is CCOc1cc([C@H]2C(C(=O)OCCOC)=C(C)NC3=C2C(=O)C[C@H](c2ccc(Cl)cc2)C3)cc(Br)c1O. The molecule has 4 rings (SSSR count). The summed E-state index contributed by atoms with van der Waals surface area (Å²) in [4.78, 5) is 27.1. The summed E-state index contributed by atoms with van der Waals surface area (Å²) in [5.41, 5.74) is 3.91. The maximum atomic E-state index is 13.7. The van der Waals surface area contributed by atoms with E-state index < -0.39 is 11.9 Å². The summed E-state index contributed by atoms with van der Waals surface area (Å²) in [6.07, 6.45) is 0.890. The normalized spacial score (nSPS) is 19.4. The Kier molecular flexibility index (Phi) is 8.62. The predicted molar refractivity (Wildman–Crippen MR) is 144 cm³/mol. The minimum absolute atomic E-state index is 0.0230. The van der Waals surface area contributed by atoms with Crippen LogP contribution in [0.2, 0.25) is 5.02 Å². The van der Waals surface area contributed by atoms with E-state index in [-0.39, 0.29) is 36.4 Å². The maximum absolute atomic E-state index is 13.7. The highest BCUT2D eigenvalue weighted by Gasteiger charge is 2.42. The van der Waals surface area contributed by atoms with Crippen molar-refractivity contribution in [3.63, 3.8) is 0 Å². The quantitative estimate of drug-likeness (QED) is 0.298. The van der Waals surface area contributed by atoms with Gasteiger partial charge < -0.3 is 24.6 Å². The Morgan fingerprint density at radius 1 is 1.16 bits per heavy atom. The molecule has 0 amide bonds. The number of ether oxygens (including phenoxy) is 3. The number of esters is 1. The monoisotopic (exact) mass is 589 g/mol. The number of ketones is 1. The van der Waals surface area contributed by atoms with Crippen LogP contribution in [0, 0.1) is 0 Å². The van der Waals surface area contributed by atoms with Crippen LogP contribution in [0.3, 0.4) is 0 Å². The van der Waals surface area contributed by atoms with Crippen molar-refractivity contribution in [2.45, 2.75) is 38.5 Å². The summed E-state index contributed by atoms with van der Waals surface area (Å²) in [5, 5.41) is 14.5. The summed E-state index contributed by atoms with van der Waals surface area (Å²) < 4.78 is 16.6. The Morgan fingerprint density at radius 3 is 2.57 bits per heavy atom. The maximum Gasteiger partial charge on any atom is 0.336 e. The number of allylic oxidation sites excluding steroid dienone is 3. The third-order valence-corrected chi connectivity index (χ3v) is 7.45. The van der Waals surface area contributed by atoms with Crippen LogP contribution in [0.1, 0.15) is 49.7 Å². The molecule has 0 saturated carbocycles. The average Bonchev–Trinajstić information content (AvgIpc) is 2.86. The molecule has 0 saturated heterocycles. The van der Waals surface area contributed by atoms with Crippen LogP contribution in [0.5, 0.6) is 11.5 Å². The summed E-state index contributed by atoms with van der Waals surface area (Å²) >= 11 is 9.47. The highest BCUT2D eigenvalue weighted by Crippen LogP contribution is 2.48. The molecule has 0 aromatic heterocycles. The number of carbonyl (C=O) groups is 2. The van der Waals surface area contributed by atoms with E-state index in [1.165, 1.54) is 7.11 Å². The van der Waals surface area contributed by atoms with Gasteiger partial charge in [-0.05, 0) is 77.5 Å². The molecule has 1 aliphatic heterocycles. The number of phenols is 1. The largest absolute Gasteiger partial charge is 0.503 e. The van der Waals surface area contributed by atoms with Crippen LogP contribution >= 0.6 is 27.5 Å². The minimum atomic E-state index is -0.693. The number of halogens is 2. The number of hydrogen-bond acceptors (Lipinski definition) is 7. The Balaban J connectivity index is 1.81. The lowest BCUT2D eigenvalue weighted by molar-refractivity contribution is -0.140. The molecule has 1 heterocycles. The van der Waals surface area contributed by atoms with Crippen LogP contribution < -0.4 is 10.1 Å². The smallest absolute Gasteiger partial charge is 0.336 e. The van der Waals surface area contributed by atoms with Gasteiger partial charge in [-0.2, -0.15) is 0 Å². The number of Topliss-reactive ketones (excluding diaryl/α,β-unsaturated/α-hetero) is 1. The summed E-state index contributed by atoms with van der Waals surface area (Å²) in [7, 11) is 1.53. The van der Waals surface area contributed by atoms with Gasteiger partial charge in [0.15, 0.2) is 17.3 Å². The average molecular weight is 591 g/mol. The Hall–Kier alpha value is -2.81. The van der Waals surface area contributed by atoms with Crippen molar-refractivity contribution in [3.8, 4) is 11.5 Å². The lowest BCUT2D eigenvalue weighted by atomic mass is 9.71. The number of benzene rings is 2. The molecule has 2 atom stereocenters. The standard InChI is InChI=1S/C28H29BrClNO6/c1-4-36-23-14-18(11-20(29)27(23)33)25-24(28(34)37-10-9-35-3)15(2)31-21-12-17(13-22(32)26(21)25)16-5-7-19(30)8-6-16/h5-8,11,14,17,25,31,33H,4,9-10,12-13H2,1-3H3/t17-,25+/m1/s1. The molecule has 0 radical (unpaired) electrons. The molecule has 9 heteroatoms. The first-order valence-electron chi connectivity index (χ1n) is 12.1. The number of dihydropyridines is 1.